The minimum absolute atomic E-state index is 0.0162. The molecule has 1 heterocycles. The van der Waals surface area contributed by atoms with Gasteiger partial charge in [-0.05, 0) is 18.3 Å². The molecule has 2 N–H and O–H groups in total. The van der Waals surface area contributed by atoms with Gasteiger partial charge in [-0.15, -0.1) is 0 Å². The minimum atomic E-state index is -0.695. The van der Waals surface area contributed by atoms with Gasteiger partial charge in [-0.1, -0.05) is 20.8 Å². The Morgan fingerprint density at radius 2 is 2.17 bits per heavy atom. The lowest BCUT2D eigenvalue weighted by atomic mass is 9.96. The number of aromatic nitrogens is 3. The molecule has 1 aromatic carbocycles. The summed E-state index contributed by atoms with van der Waals surface area (Å²) < 4.78 is 6.70. The van der Waals surface area contributed by atoms with Crippen molar-refractivity contribution in [1.82, 2.24) is 14.9 Å². The van der Waals surface area contributed by atoms with Crippen molar-refractivity contribution in [3.8, 4) is 11.5 Å². The van der Waals surface area contributed by atoms with Gasteiger partial charge in [0, 0.05) is 17.0 Å². The van der Waals surface area contributed by atoms with E-state index in [-0.39, 0.29) is 11.2 Å². The smallest absolute Gasteiger partial charge is 0.315 e. The van der Waals surface area contributed by atoms with Crippen LogP contribution in [0.2, 0.25) is 0 Å². The maximum atomic E-state index is 11.0. The molecule has 0 fully saturated rings. The van der Waals surface area contributed by atoms with E-state index in [0.29, 0.717) is 16.2 Å². The molecule has 2 aromatic rings. The van der Waals surface area contributed by atoms with Crippen molar-refractivity contribution < 1.29 is 14.8 Å². The maximum absolute atomic E-state index is 11.0. The van der Waals surface area contributed by atoms with E-state index in [1.807, 2.05) is 20.8 Å². The SMILES string of the molecule is COc1cc(/C=N\n2c(C(C)(C)C)n[nH]c2=S)cc([N+](=O)[O-])c1O. The second-order valence-corrected chi connectivity index (χ2v) is 6.39. The maximum Gasteiger partial charge on any atom is 0.315 e. The number of phenols is 1. The fourth-order valence-electron chi connectivity index (χ4n) is 1.99. The number of nitro benzene ring substituents is 1. The van der Waals surface area contributed by atoms with Crippen LogP contribution in [0.1, 0.15) is 32.2 Å². The Labute approximate surface area is 142 Å². The highest BCUT2D eigenvalue weighted by molar-refractivity contribution is 7.71. The number of methoxy groups -OCH3 is 1. The van der Waals surface area contributed by atoms with Crippen LogP contribution in [0.5, 0.6) is 11.5 Å². The fourth-order valence-corrected chi connectivity index (χ4v) is 2.17. The van der Waals surface area contributed by atoms with Gasteiger partial charge in [0.1, 0.15) is 0 Å². The second-order valence-electron chi connectivity index (χ2n) is 6.01. The number of hydrogen-bond donors (Lipinski definition) is 2. The molecule has 0 aliphatic rings. The molecule has 0 atom stereocenters. The number of rotatable bonds is 4. The Kier molecular flexibility index (Phi) is 4.69. The number of ether oxygens (including phenoxy) is 1. The number of nitrogens with one attached hydrogen (secondary N) is 1. The molecule has 0 spiro atoms. The Hall–Kier alpha value is -2.75. The first-order valence-electron chi connectivity index (χ1n) is 6.92. The molecule has 9 nitrogen and oxygen atoms in total. The standard InChI is InChI=1S/C14H17N5O4S/c1-14(2,3)12-16-17-13(24)18(12)15-7-8-5-9(19(21)22)11(20)10(6-8)23-4/h5-7,20H,1-4H3,(H,17,24)/b15-7-. The summed E-state index contributed by atoms with van der Waals surface area (Å²) in [6.45, 7) is 5.87. The third-order valence-corrected chi connectivity index (χ3v) is 3.40. The van der Waals surface area contributed by atoms with Crippen molar-refractivity contribution >= 4 is 24.1 Å². The summed E-state index contributed by atoms with van der Waals surface area (Å²) in [6, 6.07) is 2.63. The molecule has 0 saturated carbocycles. The summed E-state index contributed by atoms with van der Waals surface area (Å²) in [7, 11) is 1.31. The van der Waals surface area contributed by atoms with E-state index in [0.717, 1.165) is 0 Å². The van der Waals surface area contributed by atoms with Crippen molar-refractivity contribution in [3.05, 3.63) is 38.4 Å². The molecule has 0 unspecified atom stereocenters. The lowest BCUT2D eigenvalue weighted by Crippen LogP contribution is -2.17. The number of nitrogens with zero attached hydrogens (tertiary/aromatic N) is 4. The topological polar surface area (TPSA) is 119 Å². The summed E-state index contributed by atoms with van der Waals surface area (Å²) in [5, 5.41) is 31.9. The van der Waals surface area contributed by atoms with Gasteiger partial charge in [0.15, 0.2) is 11.6 Å². The molecular formula is C14H17N5O4S. The zero-order chi connectivity index (χ0) is 18.1. The number of aromatic hydroxyl groups is 1. The third kappa shape index (κ3) is 3.43. The average Bonchev–Trinajstić information content (AvgIpc) is 2.87. The molecule has 0 aliphatic carbocycles. The number of benzene rings is 1. The lowest BCUT2D eigenvalue weighted by Gasteiger charge is -2.15. The number of aromatic amines is 1. The van der Waals surface area contributed by atoms with Crippen LogP contribution in [-0.4, -0.2) is 38.2 Å². The van der Waals surface area contributed by atoms with Gasteiger partial charge in [-0.3, -0.25) is 15.2 Å². The number of phenolic OH excluding ortho intramolecular Hbond substituents is 1. The highest BCUT2D eigenvalue weighted by atomic mass is 32.1. The molecule has 0 saturated heterocycles. The molecule has 2 rings (SSSR count). The zero-order valence-corrected chi connectivity index (χ0v) is 14.4. The molecule has 0 aliphatic heterocycles. The Bertz CT molecular complexity index is 863. The predicted octanol–water partition coefficient (Wildman–Crippen LogP) is 2.74. The lowest BCUT2D eigenvalue weighted by molar-refractivity contribution is -0.386. The summed E-state index contributed by atoms with van der Waals surface area (Å²) in [6.07, 6.45) is 1.38. The predicted molar refractivity (Wildman–Crippen MR) is 90.4 cm³/mol. The zero-order valence-electron chi connectivity index (χ0n) is 13.6. The van der Waals surface area contributed by atoms with Crippen molar-refractivity contribution in [2.45, 2.75) is 26.2 Å². The molecule has 1 aromatic heterocycles. The fraction of sp³-hybridized carbons (Fsp3) is 0.357. The summed E-state index contributed by atoms with van der Waals surface area (Å²) in [5.41, 5.74) is -0.397. The molecule has 128 valence electrons. The first-order valence-corrected chi connectivity index (χ1v) is 7.33. The van der Waals surface area contributed by atoms with Crippen LogP contribution >= 0.6 is 12.2 Å². The van der Waals surface area contributed by atoms with Crippen molar-refractivity contribution in [1.29, 1.82) is 0 Å². The molecular weight excluding hydrogens is 334 g/mol. The highest BCUT2D eigenvalue weighted by Crippen LogP contribution is 2.36. The van der Waals surface area contributed by atoms with Gasteiger partial charge >= 0.3 is 5.69 Å². The normalized spacial score (nSPS) is 11.8. The molecule has 0 radical (unpaired) electrons. The van der Waals surface area contributed by atoms with Crippen LogP contribution in [0.15, 0.2) is 17.2 Å². The summed E-state index contributed by atoms with van der Waals surface area (Å²) in [5.74, 6) is 0.0661. The van der Waals surface area contributed by atoms with E-state index in [1.54, 1.807) is 0 Å². The van der Waals surface area contributed by atoms with E-state index in [4.69, 9.17) is 17.0 Å². The first kappa shape index (κ1) is 17.6. The number of H-pyrrole nitrogens is 1. The quantitative estimate of drug-likeness (QED) is 0.378. The van der Waals surface area contributed by atoms with Crippen LogP contribution in [-0.2, 0) is 5.41 Å². The molecule has 24 heavy (non-hydrogen) atoms. The van der Waals surface area contributed by atoms with E-state index < -0.39 is 16.4 Å². The van der Waals surface area contributed by atoms with Gasteiger partial charge in [0.2, 0.25) is 10.5 Å². The first-order chi connectivity index (χ1) is 11.1. The molecule has 10 heteroatoms. The van der Waals surface area contributed by atoms with Crippen molar-refractivity contribution in [2.75, 3.05) is 7.11 Å². The van der Waals surface area contributed by atoms with Gasteiger partial charge < -0.3 is 9.84 Å². The van der Waals surface area contributed by atoms with Gasteiger partial charge in [-0.25, -0.2) is 0 Å². The molecule has 0 amide bonds. The van der Waals surface area contributed by atoms with E-state index in [1.165, 1.54) is 30.1 Å². The number of hydrogen-bond acceptors (Lipinski definition) is 7. The second kappa shape index (κ2) is 6.40. The Morgan fingerprint density at radius 3 is 2.71 bits per heavy atom. The Balaban J connectivity index is 2.51. The summed E-state index contributed by atoms with van der Waals surface area (Å²) >= 11 is 5.15. The Morgan fingerprint density at radius 1 is 1.50 bits per heavy atom. The van der Waals surface area contributed by atoms with Gasteiger partial charge in [0.25, 0.3) is 0 Å². The van der Waals surface area contributed by atoms with Crippen LogP contribution in [0.4, 0.5) is 5.69 Å². The highest BCUT2D eigenvalue weighted by Gasteiger charge is 2.22. The van der Waals surface area contributed by atoms with Crippen molar-refractivity contribution in [2.24, 2.45) is 5.10 Å². The monoisotopic (exact) mass is 351 g/mol. The van der Waals surface area contributed by atoms with E-state index in [9.17, 15) is 15.2 Å². The average molecular weight is 351 g/mol. The van der Waals surface area contributed by atoms with Crippen LogP contribution in [0.25, 0.3) is 0 Å². The van der Waals surface area contributed by atoms with Crippen LogP contribution in [0, 0.1) is 14.9 Å². The minimum Gasteiger partial charge on any atom is -0.500 e. The van der Waals surface area contributed by atoms with Crippen LogP contribution < -0.4 is 4.74 Å². The third-order valence-electron chi connectivity index (χ3n) is 3.14. The summed E-state index contributed by atoms with van der Waals surface area (Å²) in [4.78, 5) is 10.3. The van der Waals surface area contributed by atoms with Crippen LogP contribution in [0.3, 0.4) is 0 Å². The van der Waals surface area contributed by atoms with Crippen molar-refractivity contribution in [3.63, 3.8) is 0 Å². The largest absolute Gasteiger partial charge is 0.500 e. The number of nitro groups is 1. The van der Waals surface area contributed by atoms with Gasteiger partial charge in [0.05, 0.1) is 18.2 Å². The van der Waals surface area contributed by atoms with Gasteiger partial charge in [-0.2, -0.15) is 14.9 Å². The van der Waals surface area contributed by atoms with E-state index in [2.05, 4.69) is 15.3 Å². The van der Waals surface area contributed by atoms with E-state index >= 15 is 0 Å². The molecule has 0 bridgehead atoms.